The van der Waals surface area contributed by atoms with Crippen LogP contribution in [0.4, 0.5) is 0 Å². The van der Waals surface area contributed by atoms with Gasteiger partial charge in [0, 0.05) is 11.8 Å². The Balaban J connectivity index is 1.77. The van der Waals surface area contributed by atoms with Gasteiger partial charge in [-0.15, -0.1) is 0 Å². The Labute approximate surface area is 144 Å². The minimum absolute atomic E-state index is 0.344. The second-order valence-corrected chi connectivity index (χ2v) is 5.28. The van der Waals surface area contributed by atoms with Crippen molar-refractivity contribution in [2.75, 3.05) is 14.2 Å². The van der Waals surface area contributed by atoms with Crippen LogP contribution in [0.5, 0.6) is 11.5 Å². The first kappa shape index (κ1) is 16.5. The van der Waals surface area contributed by atoms with E-state index in [9.17, 15) is 4.79 Å². The third-order valence-corrected chi connectivity index (χ3v) is 3.75. The molecule has 1 amide bonds. The smallest absolute Gasteiger partial charge is 0.271 e. The summed E-state index contributed by atoms with van der Waals surface area (Å²) >= 11 is 0. The normalized spacial score (nSPS) is 11.0. The average molecular weight is 338 g/mol. The predicted molar refractivity (Wildman–Crippen MR) is 94.5 cm³/mol. The topological polar surface area (TPSA) is 77.2 Å². The molecule has 0 unspecified atom stereocenters. The number of nitrogens with zero attached hydrogens (tertiary/aromatic N) is 3. The van der Waals surface area contributed by atoms with Gasteiger partial charge in [0.05, 0.1) is 31.8 Å². The summed E-state index contributed by atoms with van der Waals surface area (Å²) in [4.78, 5) is 16.7. The van der Waals surface area contributed by atoms with Gasteiger partial charge in [0.2, 0.25) is 0 Å². The molecule has 0 saturated heterocycles. The second kappa shape index (κ2) is 7.04. The van der Waals surface area contributed by atoms with E-state index in [-0.39, 0.29) is 5.91 Å². The maximum atomic E-state index is 12.2. The molecule has 1 N–H and O–H groups in total. The van der Waals surface area contributed by atoms with Crippen LogP contribution in [0.2, 0.25) is 0 Å². The fraction of sp³-hybridized carbons (Fsp3) is 0.167. The number of hydrazone groups is 1. The maximum Gasteiger partial charge on any atom is 0.271 e. The molecule has 2 aromatic heterocycles. The number of carbonyl (C=O) groups is 1. The number of benzene rings is 1. The van der Waals surface area contributed by atoms with Crippen LogP contribution in [0.15, 0.2) is 47.7 Å². The Morgan fingerprint density at radius 3 is 2.76 bits per heavy atom. The van der Waals surface area contributed by atoms with Crippen LogP contribution in [0.3, 0.4) is 0 Å². The van der Waals surface area contributed by atoms with Gasteiger partial charge < -0.3 is 9.47 Å². The molecule has 3 aromatic rings. The molecule has 0 bridgehead atoms. The van der Waals surface area contributed by atoms with Gasteiger partial charge in [-0.05, 0) is 37.3 Å². The molecular formula is C18H18N4O3. The van der Waals surface area contributed by atoms with Crippen molar-refractivity contribution in [2.24, 2.45) is 5.10 Å². The van der Waals surface area contributed by atoms with E-state index < -0.39 is 0 Å². The molecule has 0 atom stereocenters. The van der Waals surface area contributed by atoms with E-state index in [0.29, 0.717) is 17.1 Å². The van der Waals surface area contributed by atoms with Gasteiger partial charge in [0.15, 0.2) is 11.5 Å². The highest BCUT2D eigenvalue weighted by Gasteiger charge is 2.10. The first-order chi connectivity index (χ1) is 12.1. The molecule has 25 heavy (non-hydrogen) atoms. The number of methoxy groups -OCH3 is 2. The van der Waals surface area contributed by atoms with E-state index in [1.54, 1.807) is 31.5 Å². The molecule has 0 aliphatic heterocycles. The van der Waals surface area contributed by atoms with Crippen LogP contribution in [0.25, 0.3) is 5.65 Å². The third-order valence-electron chi connectivity index (χ3n) is 3.75. The van der Waals surface area contributed by atoms with Crippen LogP contribution in [0.1, 0.15) is 21.7 Å². The summed E-state index contributed by atoms with van der Waals surface area (Å²) in [6.07, 6.45) is 3.47. The maximum absolute atomic E-state index is 12.2. The number of aryl methyl sites for hydroxylation is 1. The molecule has 2 heterocycles. The summed E-state index contributed by atoms with van der Waals surface area (Å²) in [5.74, 6) is 0.698. The lowest BCUT2D eigenvalue weighted by molar-refractivity contribution is 0.0954. The number of nitrogens with one attached hydrogen (secondary N) is 1. The molecule has 7 nitrogen and oxygen atoms in total. The summed E-state index contributed by atoms with van der Waals surface area (Å²) in [5, 5.41) is 4.04. The quantitative estimate of drug-likeness (QED) is 0.572. The van der Waals surface area contributed by atoms with Crippen molar-refractivity contribution in [3.63, 3.8) is 0 Å². The monoisotopic (exact) mass is 338 g/mol. The Morgan fingerprint density at radius 1 is 1.20 bits per heavy atom. The first-order valence-electron chi connectivity index (χ1n) is 7.63. The zero-order valence-electron chi connectivity index (χ0n) is 14.2. The van der Waals surface area contributed by atoms with E-state index in [1.807, 2.05) is 35.7 Å². The van der Waals surface area contributed by atoms with E-state index in [2.05, 4.69) is 15.5 Å². The highest BCUT2D eigenvalue weighted by atomic mass is 16.5. The van der Waals surface area contributed by atoms with E-state index >= 15 is 0 Å². The van der Waals surface area contributed by atoms with Crippen LogP contribution >= 0.6 is 0 Å². The number of fused-ring (bicyclic) bond motifs is 1. The Kier molecular flexibility index (Phi) is 4.65. The summed E-state index contributed by atoms with van der Waals surface area (Å²) in [7, 11) is 3.06. The average Bonchev–Trinajstić information content (AvgIpc) is 2.96. The lowest BCUT2D eigenvalue weighted by Crippen LogP contribution is -2.18. The Bertz CT molecular complexity index is 947. The van der Waals surface area contributed by atoms with Crippen molar-refractivity contribution < 1.29 is 14.3 Å². The predicted octanol–water partition coefficient (Wildman–Crippen LogP) is 2.42. The van der Waals surface area contributed by atoms with Gasteiger partial charge in [-0.3, -0.25) is 9.20 Å². The second-order valence-electron chi connectivity index (χ2n) is 5.28. The van der Waals surface area contributed by atoms with Crippen molar-refractivity contribution in [2.45, 2.75) is 6.92 Å². The zero-order valence-corrected chi connectivity index (χ0v) is 14.2. The third kappa shape index (κ3) is 3.30. The van der Waals surface area contributed by atoms with Crippen LogP contribution in [0, 0.1) is 6.92 Å². The molecule has 3 rings (SSSR count). The molecular weight excluding hydrogens is 320 g/mol. The number of ether oxygens (including phenoxy) is 2. The van der Waals surface area contributed by atoms with Gasteiger partial charge >= 0.3 is 0 Å². The first-order valence-corrected chi connectivity index (χ1v) is 7.63. The molecule has 0 aliphatic carbocycles. The molecule has 0 saturated carbocycles. The van der Waals surface area contributed by atoms with E-state index in [0.717, 1.165) is 17.0 Å². The van der Waals surface area contributed by atoms with Crippen LogP contribution < -0.4 is 14.9 Å². The van der Waals surface area contributed by atoms with Crippen molar-refractivity contribution in [1.82, 2.24) is 14.8 Å². The number of carbonyl (C=O) groups excluding carboxylic acids is 1. The van der Waals surface area contributed by atoms with Crippen LogP contribution in [-0.4, -0.2) is 35.7 Å². The number of imidazole rings is 1. The highest BCUT2D eigenvalue weighted by molar-refractivity contribution is 5.95. The minimum atomic E-state index is -0.344. The highest BCUT2D eigenvalue weighted by Crippen LogP contribution is 2.27. The number of aromatic nitrogens is 2. The molecule has 0 fully saturated rings. The van der Waals surface area contributed by atoms with E-state index in [1.165, 1.54) is 7.11 Å². The summed E-state index contributed by atoms with van der Waals surface area (Å²) in [6, 6.07) is 10.7. The van der Waals surface area contributed by atoms with Gasteiger partial charge in [-0.1, -0.05) is 6.07 Å². The van der Waals surface area contributed by atoms with Gasteiger partial charge in [-0.2, -0.15) is 5.10 Å². The molecule has 1 aromatic carbocycles. The number of amides is 1. The summed E-state index contributed by atoms with van der Waals surface area (Å²) < 4.78 is 12.3. The largest absolute Gasteiger partial charge is 0.493 e. The lowest BCUT2D eigenvalue weighted by Gasteiger charge is -2.08. The van der Waals surface area contributed by atoms with Gasteiger partial charge in [0.25, 0.3) is 5.91 Å². The lowest BCUT2D eigenvalue weighted by atomic mass is 10.2. The van der Waals surface area contributed by atoms with E-state index in [4.69, 9.17) is 9.47 Å². The van der Waals surface area contributed by atoms with Crippen molar-refractivity contribution >= 4 is 17.8 Å². The summed E-state index contributed by atoms with van der Waals surface area (Å²) in [6.45, 7) is 1.89. The fourth-order valence-corrected chi connectivity index (χ4v) is 2.48. The SMILES string of the molecule is COc1ccc(C(=O)N/N=C/c2c(C)nc3ccccn23)cc1OC. The molecule has 0 aliphatic rings. The molecule has 0 radical (unpaired) electrons. The number of pyridine rings is 1. The Hall–Kier alpha value is -3.35. The number of hydrogen-bond donors (Lipinski definition) is 1. The van der Waals surface area contributed by atoms with Gasteiger partial charge in [-0.25, -0.2) is 10.4 Å². The standard InChI is InChI=1S/C18H18N4O3/c1-12-14(22-9-5-4-6-17(22)20-12)11-19-21-18(23)13-7-8-15(24-2)16(10-13)25-3/h4-11H,1-3H3,(H,21,23)/b19-11+. The number of hydrogen-bond acceptors (Lipinski definition) is 5. The van der Waals surface area contributed by atoms with Crippen molar-refractivity contribution in [3.05, 3.63) is 59.5 Å². The molecule has 0 spiro atoms. The minimum Gasteiger partial charge on any atom is -0.493 e. The molecule has 7 heteroatoms. The number of rotatable bonds is 5. The van der Waals surface area contributed by atoms with Gasteiger partial charge in [0.1, 0.15) is 5.65 Å². The molecule has 128 valence electrons. The summed E-state index contributed by atoms with van der Waals surface area (Å²) in [5.41, 5.74) is 5.40. The van der Waals surface area contributed by atoms with Crippen molar-refractivity contribution in [1.29, 1.82) is 0 Å². The van der Waals surface area contributed by atoms with Crippen LogP contribution in [-0.2, 0) is 0 Å². The van der Waals surface area contributed by atoms with Crippen molar-refractivity contribution in [3.8, 4) is 11.5 Å². The fourth-order valence-electron chi connectivity index (χ4n) is 2.48. The zero-order chi connectivity index (χ0) is 17.8. The Morgan fingerprint density at radius 2 is 2.00 bits per heavy atom.